The third kappa shape index (κ3) is 2.48. The third-order valence-corrected chi connectivity index (χ3v) is 3.79. The second-order valence-corrected chi connectivity index (χ2v) is 5.22. The SMILES string of the molecule is CCN(CC)CC1CCC(C)(C)C1O. The highest BCUT2D eigenvalue weighted by Gasteiger charge is 2.40. The van der Waals surface area contributed by atoms with Crippen LogP contribution in [0.15, 0.2) is 0 Å². The van der Waals surface area contributed by atoms with Crippen LogP contribution in [0.1, 0.15) is 40.5 Å². The first kappa shape index (κ1) is 12.0. The first-order valence-electron chi connectivity index (χ1n) is 5.91. The van der Waals surface area contributed by atoms with Crippen LogP contribution < -0.4 is 0 Å². The smallest absolute Gasteiger partial charge is 0.0631 e. The molecule has 0 aromatic carbocycles. The Labute approximate surface area is 88.3 Å². The second kappa shape index (κ2) is 4.63. The quantitative estimate of drug-likeness (QED) is 0.749. The van der Waals surface area contributed by atoms with Gasteiger partial charge in [-0.1, -0.05) is 27.7 Å². The van der Waals surface area contributed by atoms with Crippen molar-refractivity contribution in [3.8, 4) is 0 Å². The molecule has 1 fully saturated rings. The molecule has 0 bridgehead atoms. The maximum absolute atomic E-state index is 10.1. The Balaban J connectivity index is 2.47. The van der Waals surface area contributed by atoms with Crippen molar-refractivity contribution in [3.05, 3.63) is 0 Å². The molecular formula is C12H25NO. The summed E-state index contributed by atoms with van der Waals surface area (Å²) in [7, 11) is 0. The number of aliphatic hydroxyl groups is 1. The van der Waals surface area contributed by atoms with E-state index >= 15 is 0 Å². The number of nitrogens with zero attached hydrogens (tertiary/aromatic N) is 1. The lowest BCUT2D eigenvalue weighted by atomic mass is 9.87. The Morgan fingerprint density at radius 2 is 1.86 bits per heavy atom. The van der Waals surface area contributed by atoms with Gasteiger partial charge in [0, 0.05) is 6.54 Å². The standard InChI is InChI=1S/C12H25NO/c1-5-13(6-2)9-10-7-8-12(3,4)11(10)14/h10-11,14H,5-9H2,1-4H3. The highest BCUT2D eigenvalue weighted by Crippen LogP contribution is 2.41. The summed E-state index contributed by atoms with van der Waals surface area (Å²) in [5.74, 6) is 0.491. The fourth-order valence-corrected chi connectivity index (χ4v) is 2.51. The van der Waals surface area contributed by atoms with Crippen LogP contribution in [0, 0.1) is 11.3 Å². The van der Waals surface area contributed by atoms with Crippen molar-refractivity contribution in [3.63, 3.8) is 0 Å². The molecule has 0 heterocycles. The van der Waals surface area contributed by atoms with Crippen molar-refractivity contribution in [2.24, 2.45) is 11.3 Å². The van der Waals surface area contributed by atoms with Gasteiger partial charge >= 0.3 is 0 Å². The molecule has 0 spiro atoms. The molecule has 0 aromatic heterocycles. The Bertz CT molecular complexity index is 175. The Morgan fingerprint density at radius 1 is 1.29 bits per heavy atom. The first-order valence-corrected chi connectivity index (χ1v) is 5.91. The van der Waals surface area contributed by atoms with Crippen molar-refractivity contribution in [1.82, 2.24) is 4.90 Å². The number of hydrogen-bond donors (Lipinski definition) is 1. The fraction of sp³-hybridized carbons (Fsp3) is 1.00. The largest absolute Gasteiger partial charge is 0.392 e. The first-order chi connectivity index (χ1) is 6.51. The summed E-state index contributed by atoms with van der Waals surface area (Å²) in [6.07, 6.45) is 2.24. The van der Waals surface area contributed by atoms with E-state index in [1.807, 2.05) is 0 Å². The van der Waals surface area contributed by atoms with Crippen LogP contribution in [-0.2, 0) is 0 Å². The summed E-state index contributed by atoms with van der Waals surface area (Å²) < 4.78 is 0. The Kier molecular flexibility index (Phi) is 3.96. The highest BCUT2D eigenvalue weighted by atomic mass is 16.3. The molecule has 0 saturated heterocycles. The summed E-state index contributed by atoms with van der Waals surface area (Å²) in [4.78, 5) is 2.41. The number of aliphatic hydroxyl groups excluding tert-OH is 1. The molecule has 0 aliphatic heterocycles. The van der Waals surface area contributed by atoms with Crippen molar-refractivity contribution in [2.45, 2.75) is 46.6 Å². The molecule has 1 aliphatic rings. The molecule has 0 amide bonds. The van der Waals surface area contributed by atoms with Crippen LogP contribution in [0.25, 0.3) is 0 Å². The maximum atomic E-state index is 10.1. The molecular weight excluding hydrogens is 174 g/mol. The second-order valence-electron chi connectivity index (χ2n) is 5.22. The molecule has 1 aliphatic carbocycles. The van der Waals surface area contributed by atoms with Gasteiger partial charge < -0.3 is 10.0 Å². The van der Waals surface area contributed by atoms with Gasteiger partial charge in [0.25, 0.3) is 0 Å². The van der Waals surface area contributed by atoms with Gasteiger partial charge in [-0.3, -0.25) is 0 Å². The minimum atomic E-state index is -0.108. The average molecular weight is 199 g/mol. The van der Waals surface area contributed by atoms with Gasteiger partial charge in [-0.2, -0.15) is 0 Å². The molecule has 2 heteroatoms. The van der Waals surface area contributed by atoms with Crippen molar-refractivity contribution in [1.29, 1.82) is 0 Å². The zero-order valence-corrected chi connectivity index (χ0v) is 10.1. The van der Waals surface area contributed by atoms with Crippen LogP contribution in [0.2, 0.25) is 0 Å². The van der Waals surface area contributed by atoms with E-state index in [4.69, 9.17) is 0 Å². The van der Waals surface area contributed by atoms with E-state index in [2.05, 4.69) is 32.6 Å². The lowest BCUT2D eigenvalue weighted by molar-refractivity contribution is 0.0339. The van der Waals surface area contributed by atoms with E-state index in [9.17, 15) is 5.11 Å². The van der Waals surface area contributed by atoms with Crippen molar-refractivity contribution in [2.75, 3.05) is 19.6 Å². The topological polar surface area (TPSA) is 23.5 Å². The minimum absolute atomic E-state index is 0.108. The molecule has 14 heavy (non-hydrogen) atoms. The van der Waals surface area contributed by atoms with Crippen molar-refractivity contribution < 1.29 is 5.11 Å². The van der Waals surface area contributed by atoms with E-state index in [1.54, 1.807) is 0 Å². The third-order valence-electron chi connectivity index (χ3n) is 3.79. The van der Waals surface area contributed by atoms with E-state index < -0.39 is 0 Å². The van der Waals surface area contributed by atoms with Gasteiger partial charge in [0.15, 0.2) is 0 Å². The normalized spacial score (nSPS) is 31.3. The lowest BCUT2D eigenvalue weighted by Gasteiger charge is -2.29. The monoisotopic (exact) mass is 199 g/mol. The predicted octanol–water partition coefficient (Wildman–Crippen LogP) is 2.13. The predicted molar refractivity (Wildman–Crippen MR) is 60.3 cm³/mol. The van der Waals surface area contributed by atoms with Crippen LogP contribution in [0.5, 0.6) is 0 Å². The molecule has 84 valence electrons. The van der Waals surface area contributed by atoms with Crippen molar-refractivity contribution >= 4 is 0 Å². The van der Waals surface area contributed by atoms with Gasteiger partial charge in [-0.15, -0.1) is 0 Å². The maximum Gasteiger partial charge on any atom is 0.0631 e. The van der Waals surface area contributed by atoms with Crippen LogP contribution in [-0.4, -0.2) is 35.7 Å². The molecule has 0 aromatic rings. The Morgan fingerprint density at radius 3 is 2.21 bits per heavy atom. The van der Waals surface area contributed by atoms with Crippen LogP contribution >= 0.6 is 0 Å². The van der Waals surface area contributed by atoms with Crippen LogP contribution in [0.4, 0.5) is 0 Å². The molecule has 2 atom stereocenters. The average Bonchev–Trinajstić information content (AvgIpc) is 2.40. The number of rotatable bonds is 4. The summed E-state index contributed by atoms with van der Waals surface area (Å²) in [6, 6.07) is 0. The highest BCUT2D eigenvalue weighted by molar-refractivity contribution is 4.92. The summed E-state index contributed by atoms with van der Waals surface area (Å²) in [5, 5.41) is 10.1. The van der Waals surface area contributed by atoms with Gasteiger partial charge in [0.05, 0.1) is 6.10 Å². The molecule has 1 saturated carbocycles. The van der Waals surface area contributed by atoms with E-state index in [-0.39, 0.29) is 11.5 Å². The lowest BCUT2D eigenvalue weighted by Crippen LogP contribution is -2.36. The summed E-state index contributed by atoms with van der Waals surface area (Å²) in [5.41, 5.74) is 0.137. The summed E-state index contributed by atoms with van der Waals surface area (Å²) >= 11 is 0. The molecule has 0 radical (unpaired) electrons. The zero-order valence-electron chi connectivity index (χ0n) is 10.1. The molecule has 2 unspecified atom stereocenters. The van der Waals surface area contributed by atoms with E-state index in [0.29, 0.717) is 5.92 Å². The molecule has 1 N–H and O–H groups in total. The molecule has 2 nitrogen and oxygen atoms in total. The van der Waals surface area contributed by atoms with Gasteiger partial charge in [0.1, 0.15) is 0 Å². The minimum Gasteiger partial charge on any atom is -0.392 e. The Hall–Kier alpha value is -0.0800. The van der Waals surface area contributed by atoms with Gasteiger partial charge in [-0.25, -0.2) is 0 Å². The van der Waals surface area contributed by atoms with E-state index in [1.165, 1.54) is 12.8 Å². The fourth-order valence-electron chi connectivity index (χ4n) is 2.51. The summed E-state index contributed by atoms with van der Waals surface area (Å²) in [6.45, 7) is 12.0. The van der Waals surface area contributed by atoms with E-state index in [0.717, 1.165) is 19.6 Å². The van der Waals surface area contributed by atoms with Crippen LogP contribution in [0.3, 0.4) is 0 Å². The molecule has 1 rings (SSSR count). The number of hydrogen-bond acceptors (Lipinski definition) is 2. The van der Waals surface area contributed by atoms with Gasteiger partial charge in [0.2, 0.25) is 0 Å². The van der Waals surface area contributed by atoms with Gasteiger partial charge in [-0.05, 0) is 37.3 Å². The zero-order chi connectivity index (χ0) is 10.8.